The fourth-order valence-corrected chi connectivity index (χ4v) is 4.03. The van der Waals surface area contributed by atoms with Gasteiger partial charge in [0.2, 0.25) is 0 Å². The summed E-state index contributed by atoms with van der Waals surface area (Å²) in [5, 5.41) is 10.6. The number of halogens is 2. The molecule has 0 aromatic heterocycles. The molecule has 0 spiro atoms. The maximum absolute atomic E-state index is 10.4. The van der Waals surface area contributed by atoms with E-state index in [1.165, 1.54) is 109 Å². The van der Waals surface area contributed by atoms with Gasteiger partial charge < -0.3 is 14.4 Å². The van der Waals surface area contributed by atoms with Gasteiger partial charge in [-0.1, -0.05) is 113 Å². The lowest BCUT2D eigenvalue weighted by molar-refractivity contribution is -0.870. The molecule has 0 saturated heterocycles. The van der Waals surface area contributed by atoms with Gasteiger partial charge in [0.25, 0.3) is 0 Å². The Balaban J connectivity index is 0.000000683. The first-order valence-corrected chi connectivity index (χ1v) is 12.9. The van der Waals surface area contributed by atoms with E-state index in [9.17, 15) is 9.90 Å². The van der Waals surface area contributed by atoms with E-state index in [1.807, 2.05) is 0 Å². The number of rotatable bonds is 16. The molecule has 0 atom stereocenters. The topological polar surface area (TPSA) is 40.1 Å². The quantitative estimate of drug-likeness (QED) is 0.183. The van der Waals surface area contributed by atoms with E-state index in [2.05, 4.69) is 28.1 Å². The second-order valence-corrected chi connectivity index (χ2v) is 10.3. The van der Waals surface area contributed by atoms with Gasteiger partial charge in [0.15, 0.2) is 0 Å². The van der Waals surface area contributed by atoms with Crippen molar-refractivity contribution in [2.75, 3.05) is 27.7 Å². The largest absolute Gasteiger partial charge is 0.545 e. The summed E-state index contributed by atoms with van der Waals surface area (Å²) in [4.78, 5) is 10.4. The van der Waals surface area contributed by atoms with Crippen LogP contribution in [0.4, 0.5) is 0 Å². The minimum absolute atomic E-state index is 0.0949. The molecule has 0 saturated carbocycles. The van der Waals surface area contributed by atoms with Gasteiger partial charge in [-0.15, -0.1) is 0 Å². The lowest BCUT2D eigenvalue weighted by atomic mass is 10.0. The van der Waals surface area contributed by atoms with Crippen LogP contribution in [-0.4, -0.2) is 38.1 Å². The molecule has 180 valence electrons. The Morgan fingerprint density at radius 3 is 1.39 bits per heavy atom. The van der Waals surface area contributed by atoms with E-state index in [1.54, 1.807) is 6.07 Å². The van der Waals surface area contributed by atoms with Gasteiger partial charge in [0.05, 0.1) is 43.7 Å². The Kier molecular flexibility index (Phi) is 18.3. The Labute approximate surface area is 201 Å². The van der Waals surface area contributed by atoms with Crippen LogP contribution >= 0.6 is 23.2 Å². The average Bonchev–Trinajstić information content (AvgIpc) is 2.67. The number of quaternary nitrogens is 1. The van der Waals surface area contributed by atoms with Gasteiger partial charge in [-0.25, -0.2) is 0 Å². The number of carbonyl (C=O) groups excluding carboxylic acids is 1. The number of aromatic carboxylic acids is 1. The highest BCUT2D eigenvalue weighted by molar-refractivity contribution is 6.39. The van der Waals surface area contributed by atoms with Gasteiger partial charge >= 0.3 is 0 Å². The molecule has 0 N–H and O–H groups in total. The summed E-state index contributed by atoms with van der Waals surface area (Å²) >= 11 is 11.0. The minimum atomic E-state index is -1.36. The highest BCUT2D eigenvalue weighted by Gasteiger charge is 2.05. The Morgan fingerprint density at radius 2 is 1.10 bits per heavy atom. The van der Waals surface area contributed by atoms with Crippen molar-refractivity contribution in [1.82, 2.24) is 0 Å². The smallest absolute Gasteiger partial charge is 0.0780 e. The number of carboxylic acid groups (broad SMARTS) is 1. The van der Waals surface area contributed by atoms with E-state index in [4.69, 9.17) is 23.2 Å². The fourth-order valence-electron chi connectivity index (χ4n) is 3.47. The molecule has 3 nitrogen and oxygen atoms in total. The van der Waals surface area contributed by atoms with Crippen LogP contribution < -0.4 is 5.11 Å². The first-order chi connectivity index (χ1) is 14.7. The Morgan fingerprint density at radius 1 is 0.742 bits per heavy atom. The zero-order chi connectivity index (χ0) is 23.5. The molecule has 0 aliphatic rings. The lowest BCUT2D eigenvalue weighted by Gasteiger charge is -2.23. The number of carboxylic acids is 1. The monoisotopic (exact) mass is 473 g/mol. The second-order valence-electron chi connectivity index (χ2n) is 9.49. The maximum Gasteiger partial charge on any atom is 0.0780 e. The summed E-state index contributed by atoms with van der Waals surface area (Å²) in [7, 11) is 6.88. The molecular weight excluding hydrogens is 429 g/mol. The zero-order valence-electron chi connectivity index (χ0n) is 20.4. The molecule has 1 rings (SSSR count). The van der Waals surface area contributed by atoms with Crippen molar-refractivity contribution >= 4 is 29.2 Å². The lowest BCUT2D eigenvalue weighted by Crippen LogP contribution is -2.35. The van der Waals surface area contributed by atoms with Crippen molar-refractivity contribution < 1.29 is 14.4 Å². The molecule has 0 amide bonds. The second kappa shape index (κ2) is 18.8. The fraction of sp³-hybridized carbons (Fsp3) is 0.731. The van der Waals surface area contributed by atoms with Gasteiger partial charge in [-0.3, -0.25) is 0 Å². The predicted molar refractivity (Wildman–Crippen MR) is 134 cm³/mol. The summed E-state index contributed by atoms with van der Waals surface area (Å²) in [6.45, 7) is 3.63. The van der Waals surface area contributed by atoms with Crippen LogP contribution in [0.1, 0.15) is 107 Å². The molecule has 0 bridgehead atoms. The van der Waals surface area contributed by atoms with Crippen LogP contribution in [0.25, 0.3) is 0 Å². The number of unbranched alkanes of at least 4 members (excludes halogenated alkanes) is 13. The van der Waals surface area contributed by atoms with Gasteiger partial charge in [0.1, 0.15) is 0 Å². The molecule has 0 radical (unpaired) electrons. The van der Waals surface area contributed by atoms with Crippen LogP contribution in [0.5, 0.6) is 0 Å². The molecule has 0 aliphatic carbocycles. The van der Waals surface area contributed by atoms with Crippen molar-refractivity contribution in [3.05, 3.63) is 33.8 Å². The van der Waals surface area contributed by atoms with Crippen molar-refractivity contribution in [2.24, 2.45) is 0 Å². The number of nitrogens with zero attached hydrogens (tertiary/aromatic N) is 1. The third-order valence-electron chi connectivity index (χ3n) is 5.35. The number of hydrogen-bond acceptors (Lipinski definition) is 2. The summed E-state index contributed by atoms with van der Waals surface area (Å²) in [6, 6.07) is 4.45. The average molecular weight is 475 g/mol. The molecule has 0 fully saturated rings. The Hall–Kier alpha value is -0.770. The predicted octanol–water partition coefficient (Wildman–Crippen LogP) is 7.53. The van der Waals surface area contributed by atoms with Crippen LogP contribution in [0.2, 0.25) is 10.0 Å². The van der Waals surface area contributed by atoms with Crippen LogP contribution in [0.3, 0.4) is 0 Å². The number of benzene rings is 1. The summed E-state index contributed by atoms with van der Waals surface area (Å²) in [6.07, 6.45) is 20.4. The number of carbonyl (C=O) groups is 1. The molecule has 5 heteroatoms. The standard InChI is InChI=1S/C19H42N.C7H4Cl2O2/c1-5-6-7-8-9-10-11-12-13-14-15-16-17-18-19-20(2,3)4;8-4-2-1-3-5(9)6(4)7(10)11/h5-19H2,1-4H3;1-3H,(H,10,11)/q+1;/p-1. The van der Waals surface area contributed by atoms with Gasteiger partial charge in [-0.05, 0) is 25.0 Å². The van der Waals surface area contributed by atoms with E-state index >= 15 is 0 Å². The summed E-state index contributed by atoms with van der Waals surface area (Å²) in [5.41, 5.74) is -0.157. The minimum Gasteiger partial charge on any atom is -0.545 e. The highest BCUT2D eigenvalue weighted by Crippen LogP contribution is 2.23. The normalized spacial score (nSPS) is 11.2. The molecule has 0 aliphatic heterocycles. The molecule has 31 heavy (non-hydrogen) atoms. The van der Waals surface area contributed by atoms with Crippen molar-refractivity contribution in [3.8, 4) is 0 Å². The summed E-state index contributed by atoms with van der Waals surface area (Å²) in [5.74, 6) is -1.36. The first-order valence-electron chi connectivity index (χ1n) is 12.1. The SMILES string of the molecule is CCCCCCCCCCCCCCCC[N+](C)(C)C.O=C([O-])c1c(Cl)cccc1Cl. The Bertz CT molecular complexity index is 565. The van der Waals surface area contributed by atoms with Gasteiger partial charge in [0, 0.05) is 5.56 Å². The van der Waals surface area contributed by atoms with E-state index in [-0.39, 0.29) is 15.6 Å². The summed E-state index contributed by atoms with van der Waals surface area (Å²) < 4.78 is 1.12. The van der Waals surface area contributed by atoms with Crippen molar-refractivity contribution in [3.63, 3.8) is 0 Å². The maximum atomic E-state index is 10.4. The van der Waals surface area contributed by atoms with Crippen molar-refractivity contribution in [2.45, 2.75) is 96.8 Å². The van der Waals surface area contributed by atoms with E-state index in [0.717, 1.165) is 4.48 Å². The van der Waals surface area contributed by atoms with E-state index in [0.29, 0.717) is 0 Å². The van der Waals surface area contributed by atoms with Crippen molar-refractivity contribution in [1.29, 1.82) is 0 Å². The van der Waals surface area contributed by atoms with E-state index < -0.39 is 5.97 Å². The highest BCUT2D eigenvalue weighted by atomic mass is 35.5. The first kappa shape index (κ1) is 30.2. The molecule has 1 aromatic rings. The van der Waals surface area contributed by atoms with Crippen LogP contribution in [-0.2, 0) is 0 Å². The van der Waals surface area contributed by atoms with Crippen LogP contribution in [0.15, 0.2) is 18.2 Å². The molecular formula is C26H45Cl2NO2. The molecule has 0 heterocycles. The zero-order valence-corrected chi connectivity index (χ0v) is 21.9. The molecule has 1 aromatic carbocycles. The third kappa shape index (κ3) is 18.5. The molecule has 0 unspecified atom stereocenters. The van der Waals surface area contributed by atoms with Crippen LogP contribution in [0, 0.1) is 0 Å². The van der Waals surface area contributed by atoms with Gasteiger partial charge in [-0.2, -0.15) is 0 Å². The number of hydrogen-bond donors (Lipinski definition) is 0. The third-order valence-corrected chi connectivity index (χ3v) is 5.98.